The SMILES string of the molecule is CC(C)N(CC(=O)O)C(=O)NCC1CCCOC1. The first-order valence-corrected chi connectivity index (χ1v) is 6.34. The number of ether oxygens (including phenoxy) is 1. The summed E-state index contributed by atoms with van der Waals surface area (Å²) in [6.07, 6.45) is 2.06. The molecule has 1 aliphatic heterocycles. The van der Waals surface area contributed by atoms with E-state index in [4.69, 9.17) is 9.84 Å². The first-order chi connectivity index (χ1) is 8.50. The van der Waals surface area contributed by atoms with Crippen molar-refractivity contribution in [3.63, 3.8) is 0 Å². The van der Waals surface area contributed by atoms with Crippen LogP contribution in [0.2, 0.25) is 0 Å². The Morgan fingerprint density at radius 1 is 1.50 bits per heavy atom. The quantitative estimate of drug-likeness (QED) is 0.768. The minimum atomic E-state index is -1.00. The lowest BCUT2D eigenvalue weighted by atomic mass is 10.0. The topological polar surface area (TPSA) is 78.9 Å². The van der Waals surface area contributed by atoms with Crippen LogP contribution >= 0.6 is 0 Å². The number of carboxylic acid groups (broad SMARTS) is 1. The Bertz CT molecular complexity index is 288. The fourth-order valence-electron chi connectivity index (χ4n) is 1.94. The second kappa shape index (κ2) is 7.20. The minimum Gasteiger partial charge on any atom is -0.480 e. The third kappa shape index (κ3) is 4.91. The summed E-state index contributed by atoms with van der Waals surface area (Å²) in [5.74, 6) is -0.665. The fraction of sp³-hybridized carbons (Fsp3) is 0.833. The van der Waals surface area contributed by atoms with Gasteiger partial charge in [-0.05, 0) is 32.6 Å². The molecule has 1 fully saturated rings. The number of carbonyl (C=O) groups is 2. The molecule has 2 amide bonds. The van der Waals surface area contributed by atoms with E-state index in [2.05, 4.69) is 5.32 Å². The average molecular weight is 258 g/mol. The Hall–Kier alpha value is -1.30. The van der Waals surface area contributed by atoms with Gasteiger partial charge >= 0.3 is 12.0 Å². The molecule has 6 heteroatoms. The van der Waals surface area contributed by atoms with Crippen LogP contribution in [-0.4, -0.2) is 54.4 Å². The Labute approximate surface area is 107 Å². The van der Waals surface area contributed by atoms with Crippen molar-refractivity contribution in [1.82, 2.24) is 10.2 Å². The maximum atomic E-state index is 11.9. The molecule has 2 N–H and O–H groups in total. The van der Waals surface area contributed by atoms with Crippen molar-refractivity contribution in [3.05, 3.63) is 0 Å². The molecule has 0 saturated carbocycles. The molecule has 0 aliphatic carbocycles. The molecule has 1 atom stereocenters. The van der Waals surface area contributed by atoms with Crippen molar-refractivity contribution in [2.45, 2.75) is 32.7 Å². The molecule has 1 heterocycles. The zero-order valence-corrected chi connectivity index (χ0v) is 11.0. The van der Waals surface area contributed by atoms with Crippen molar-refractivity contribution >= 4 is 12.0 Å². The van der Waals surface area contributed by atoms with E-state index in [1.54, 1.807) is 13.8 Å². The standard InChI is InChI=1S/C12H22N2O4/c1-9(2)14(7-11(15)16)12(17)13-6-10-4-3-5-18-8-10/h9-10H,3-8H2,1-2H3,(H,13,17)(H,15,16). The maximum Gasteiger partial charge on any atom is 0.323 e. The second-order valence-corrected chi connectivity index (χ2v) is 4.88. The van der Waals surface area contributed by atoms with Crippen LogP contribution in [0, 0.1) is 5.92 Å². The van der Waals surface area contributed by atoms with Gasteiger partial charge in [0.2, 0.25) is 0 Å². The summed E-state index contributed by atoms with van der Waals surface area (Å²) in [5, 5.41) is 11.5. The van der Waals surface area contributed by atoms with Crippen LogP contribution in [0.5, 0.6) is 0 Å². The highest BCUT2D eigenvalue weighted by atomic mass is 16.5. The summed E-state index contributed by atoms with van der Waals surface area (Å²) in [7, 11) is 0. The van der Waals surface area contributed by atoms with Crippen molar-refractivity contribution in [2.75, 3.05) is 26.3 Å². The molecule has 1 rings (SSSR count). The predicted molar refractivity (Wildman–Crippen MR) is 66.4 cm³/mol. The lowest BCUT2D eigenvalue weighted by Crippen LogP contribution is -2.48. The summed E-state index contributed by atoms with van der Waals surface area (Å²) < 4.78 is 5.33. The lowest BCUT2D eigenvalue weighted by Gasteiger charge is -2.27. The van der Waals surface area contributed by atoms with Crippen LogP contribution in [-0.2, 0) is 9.53 Å². The van der Waals surface area contributed by atoms with Crippen molar-refractivity contribution in [1.29, 1.82) is 0 Å². The highest BCUT2D eigenvalue weighted by molar-refractivity contribution is 5.80. The normalized spacial score (nSPS) is 19.6. The molecule has 0 radical (unpaired) electrons. The second-order valence-electron chi connectivity index (χ2n) is 4.88. The van der Waals surface area contributed by atoms with Gasteiger partial charge in [0, 0.05) is 19.2 Å². The smallest absolute Gasteiger partial charge is 0.323 e. The van der Waals surface area contributed by atoms with Gasteiger partial charge in [-0.25, -0.2) is 4.79 Å². The average Bonchev–Trinajstić information content (AvgIpc) is 2.34. The molecule has 0 bridgehead atoms. The zero-order valence-electron chi connectivity index (χ0n) is 11.0. The van der Waals surface area contributed by atoms with E-state index < -0.39 is 5.97 Å². The van der Waals surface area contributed by atoms with Crippen LogP contribution in [0.4, 0.5) is 4.79 Å². The van der Waals surface area contributed by atoms with E-state index >= 15 is 0 Å². The van der Waals surface area contributed by atoms with E-state index in [0.29, 0.717) is 19.1 Å². The van der Waals surface area contributed by atoms with Gasteiger partial charge in [-0.1, -0.05) is 0 Å². The summed E-state index contributed by atoms with van der Waals surface area (Å²) in [6, 6.07) is -0.457. The van der Waals surface area contributed by atoms with Crippen molar-refractivity contribution in [3.8, 4) is 0 Å². The third-order valence-electron chi connectivity index (χ3n) is 2.99. The van der Waals surface area contributed by atoms with E-state index in [0.717, 1.165) is 19.4 Å². The molecular weight excluding hydrogens is 236 g/mol. The number of nitrogens with zero attached hydrogens (tertiary/aromatic N) is 1. The van der Waals surface area contributed by atoms with Gasteiger partial charge in [-0.15, -0.1) is 0 Å². The molecule has 1 saturated heterocycles. The van der Waals surface area contributed by atoms with Gasteiger partial charge in [0.25, 0.3) is 0 Å². The van der Waals surface area contributed by atoms with E-state index in [9.17, 15) is 9.59 Å². The number of rotatable bonds is 5. The maximum absolute atomic E-state index is 11.9. The number of urea groups is 1. The van der Waals surface area contributed by atoms with Gasteiger partial charge in [-0.2, -0.15) is 0 Å². The van der Waals surface area contributed by atoms with Gasteiger partial charge in [0.1, 0.15) is 6.54 Å². The highest BCUT2D eigenvalue weighted by Crippen LogP contribution is 2.12. The van der Waals surface area contributed by atoms with Crippen LogP contribution in [0.3, 0.4) is 0 Å². The first kappa shape index (κ1) is 14.8. The molecular formula is C12H22N2O4. The summed E-state index contributed by atoms with van der Waals surface area (Å²) >= 11 is 0. The number of aliphatic carboxylic acids is 1. The number of hydrogen-bond acceptors (Lipinski definition) is 3. The number of carbonyl (C=O) groups excluding carboxylic acids is 1. The van der Waals surface area contributed by atoms with Gasteiger partial charge in [0.05, 0.1) is 6.61 Å². The first-order valence-electron chi connectivity index (χ1n) is 6.34. The molecule has 0 aromatic heterocycles. The number of hydrogen-bond donors (Lipinski definition) is 2. The fourth-order valence-corrected chi connectivity index (χ4v) is 1.94. The highest BCUT2D eigenvalue weighted by Gasteiger charge is 2.21. The van der Waals surface area contributed by atoms with Crippen LogP contribution in [0.25, 0.3) is 0 Å². The third-order valence-corrected chi connectivity index (χ3v) is 2.99. The van der Waals surface area contributed by atoms with E-state index in [-0.39, 0.29) is 18.6 Å². The molecule has 1 aliphatic rings. The number of nitrogens with one attached hydrogen (secondary N) is 1. The molecule has 1 unspecified atom stereocenters. The van der Waals surface area contributed by atoms with E-state index in [1.165, 1.54) is 4.90 Å². The summed E-state index contributed by atoms with van der Waals surface area (Å²) in [6.45, 7) is 5.33. The molecule has 0 aromatic rings. The molecule has 104 valence electrons. The summed E-state index contributed by atoms with van der Waals surface area (Å²) in [5.41, 5.74) is 0. The van der Waals surface area contributed by atoms with Gasteiger partial charge in [-0.3, -0.25) is 4.79 Å². The van der Waals surface area contributed by atoms with E-state index in [1.807, 2.05) is 0 Å². The minimum absolute atomic E-state index is 0.135. The predicted octanol–water partition coefficient (Wildman–Crippen LogP) is 0.918. The zero-order chi connectivity index (χ0) is 13.5. The number of carboxylic acids is 1. The van der Waals surface area contributed by atoms with Crippen LogP contribution < -0.4 is 5.32 Å². The summed E-state index contributed by atoms with van der Waals surface area (Å²) in [4.78, 5) is 23.9. The lowest BCUT2D eigenvalue weighted by molar-refractivity contribution is -0.138. The molecule has 0 spiro atoms. The molecule has 6 nitrogen and oxygen atoms in total. The Kier molecular flexibility index (Phi) is 5.91. The van der Waals surface area contributed by atoms with Crippen LogP contribution in [0.15, 0.2) is 0 Å². The van der Waals surface area contributed by atoms with Gasteiger partial charge < -0.3 is 20.1 Å². The van der Waals surface area contributed by atoms with Crippen LogP contribution in [0.1, 0.15) is 26.7 Å². The molecule has 18 heavy (non-hydrogen) atoms. The molecule has 0 aromatic carbocycles. The Morgan fingerprint density at radius 2 is 2.22 bits per heavy atom. The Morgan fingerprint density at radius 3 is 2.72 bits per heavy atom. The number of amides is 2. The van der Waals surface area contributed by atoms with Crippen molar-refractivity contribution < 1.29 is 19.4 Å². The Balaban J connectivity index is 2.38. The van der Waals surface area contributed by atoms with Crippen molar-refractivity contribution in [2.24, 2.45) is 5.92 Å². The van der Waals surface area contributed by atoms with Gasteiger partial charge in [0.15, 0.2) is 0 Å². The largest absolute Gasteiger partial charge is 0.480 e. The monoisotopic (exact) mass is 258 g/mol.